The van der Waals surface area contributed by atoms with Crippen molar-refractivity contribution in [1.82, 2.24) is 4.98 Å². The highest BCUT2D eigenvalue weighted by molar-refractivity contribution is 5.96. The quantitative estimate of drug-likeness (QED) is 0.830. The molecule has 0 saturated carbocycles. The first-order valence-corrected chi connectivity index (χ1v) is 6.84. The number of carbonyl (C=O) groups is 2. The maximum absolute atomic E-state index is 11.7. The normalized spacial score (nSPS) is 9.91. The second-order valence-corrected chi connectivity index (χ2v) is 4.50. The lowest BCUT2D eigenvalue weighted by atomic mass is 10.1. The van der Waals surface area contributed by atoms with Crippen molar-refractivity contribution in [1.29, 1.82) is 0 Å². The van der Waals surface area contributed by atoms with Gasteiger partial charge in [0.2, 0.25) is 5.91 Å². The van der Waals surface area contributed by atoms with E-state index in [-0.39, 0.29) is 5.91 Å². The maximum Gasteiger partial charge on any atom is 0.339 e. The average molecular weight is 299 g/mol. The minimum Gasteiger partial charge on any atom is -0.465 e. The van der Waals surface area contributed by atoms with Gasteiger partial charge in [-0.1, -0.05) is 19.1 Å². The fraction of sp³-hybridized carbons (Fsp3) is 0.188. The molecule has 1 aromatic carbocycles. The van der Waals surface area contributed by atoms with E-state index in [1.54, 1.807) is 43.5 Å². The van der Waals surface area contributed by atoms with E-state index >= 15 is 0 Å². The zero-order chi connectivity index (χ0) is 15.9. The molecule has 0 saturated heterocycles. The Hall–Kier alpha value is -2.89. The van der Waals surface area contributed by atoms with Crippen LogP contribution in [0.5, 0.6) is 0 Å². The van der Waals surface area contributed by atoms with Crippen molar-refractivity contribution < 1.29 is 14.3 Å². The zero-order valence-electron chi connectivity index (χ0n) is 12.4. The fourth-order valence-corrected chi connectivity index (χ4v) is 1.81. The molecule has 1 amide bonds. The van der Waals surface area contributed by atoms with Crippen molar-refractivity contribution in [3.05, 3.63) is 48.2 Å². The van der Waals surface area contributed by atoms with Crippen molar-refractivity contribution in [2.24, 2.45) is 0 Å². The minimum atomic E-state index is -0.414. The number of amides is 1. The summed E-state index contributed by atoms with van der Waals surface area (Å²) >= 11 is 0. The van der Waals surface area contributed by atoms with Gasteiger partial charge in [-0.15, -0.1) is 0 Å². The van der Waals surface area contributed by atoms with E-state index in [1.165, 1.54) is 7.11 Å². The molecule has 6 heteroatoms. The molecule has 0 atom stereocenters. The average Bonchev–Trinajstić information content (AvgIpc) is 2.56. The van der Waals surface area contributed by atoms with Gasteiger partial charge >= 0.3 is 5.97 Å². The molecule has 1 heterocycles. The van der Waals surface area contributed by atoms with Crippen LogP contribution >= 0.6 is 0 Å². The van der Waals surface area contributed by atoms with Crippen molar-refractivity contribution in [2.45, 2.75) is 13.3 Å². The van der Waals surface area contributed by atoms with Crippen molar-refractivity contribution in [2.75, 3.05) is 17.7 Å². The van der Waals surface area contributed by atoms with E-state index in [0.717, 1.165) is 0 Å². The predicted molar refractivity (Wildman–Crippen MR) is 84.2 cm³/mol. The van der Waals surface area contributed by atoms with Gasteiger partial charge in [0.25, 0.3) is 0 Å². The maximum atomic E-state index is 11.7. The molecule has 6 nitrogen and oxygen atoms in total. The molecule has 0 radical (unpaired) electrons. The van der Waals surface area contributed by atoms with E-state index in [1.807, 2.05) is 6.07 Å². The monoisotopic (exact) mass is 299 g/mol. The molecule has 0 aliphatic rings. The highest BCUT2D eigenvalue weighted by atomic mass is 16.5. The number of hydrogen-bond donors (Lipinski definition) is 2. The lowest BCUT2D eigenvalue weighted by Crippen LogP contribution is -2.10. The molecule has 2 rings (SSSR count). The van der Waals surface area contributed by atoms with Gasteiger partial charge in [0.15, 0.2) is 0 Å². The standard InChI is InChI=1S/C16H17N3O3/c1-3-15(20)19-14-9-8-11(10-17-14)18-13-7-5-4-6-12(13)16(21)22-2/h4-10,18H,3H2,1-2H3,(H,17,19,20). The number of rotatable bonds is 5. The largest absolute Gasteiger partial charge is 0.465 e. The Morgan fingerprint density at radius 3 is 2.59 bits per heavy atom. The van der Waals surface area contributed by atoms with Crippen LogP contribution in [-0.4, -0.2) is 24.0 Å². The lowest BCUT2D eigenvalue weighted by molar-refractivity contribution is -0.115. The summed E-state index contributed by atoms with van der Waals surface area (Å²) in [5.41, 5.74) is 1.76. The van der Waals surface area contributed by atoms with E-state index in [2.05, 4.69) is 15.6 Å². The molecule has 0 bridgehead atoms. The number of anilines is 3. The summed E-state index contributed by atoms with van der Waals surface area (Å²) in [5.74, 6) is -0.0224. The van der Waals surface area contributed by atoms with Crippen LogP contribution in [-0.2, 0) is 9.53 Å². The second-order valence-electron chi connectivity index (χ2n) is 4.50. The van der Waals surface area contributed by atoms with Crippen molar-refractivity contribution >= 4 is 29.1 Å². The van der Waals surface area contributed by atoms with Crippen LogP contribution < -0.4 is 10.6 Å². The Bertz CT molecular complexity index is 669. The second kappa shape index (κ2) is 7.21. The number of benzene rings is 1. The molecule has 1 aromatic heterocycles. The number of aromatic nitrogens is 1. The van der Waals surface area contributed by atoms with Gasteiger partial charge in [-0.05, 0) is 24.3 Å². The fourth-order valence-electron chi connectivity index (χ4n) is 1.81. The number of nitrogens with zero attached hydrogens (tertiary/aromatic N) is 1. The SMILES string of the molecule is CCC(=O)Nc1ccc(Nc2ccccc2C(=O)OC)cn1. The number of nitrogens with one attached hydrogen (secondary N) is 2. The number of methoxy groups -OCH3 is 1. The third-order valence-corrected chi connectivity index (χ3v) is 2.96. The van der Waals surface area contributed by atoms with Gasteiger partial charge < -0.3 is 15.4 Å². The summed E-state index contributed by atoms with van der Waals surface area (Å²) in [6, 6.07) is 10.5. The first kappa shape index (κ1) is 15.5. The van der Waals surface area contributed by atoms with Crippen LogP contribution in [0.15, 0.2) is 42.6 Å². The van der Waals surface area contributed by atoms with Gasteiger partial charge in [0.1, 0.15) is 5.82 Å². The molecule has 22 heavy (non-hydrogen) atoms. The predicted octanol–water partition coefficient (Wildman–Crippen LogP) is 2.96. The molecule has 0 fully saturated rings. The molecular formula is C16H17N3O3. The summed E-state index contributed by atoms with van der Waals surface area (Å²) in [7, 11) is 1.34. The first-order valence-electron chi connectivity index (χ1n) is 6.84. The van der Waals surface area contributed by atoms with Crippen LogP contribution in [0.1, 0.15) is 23.7 Å². The highest BCUT2D eigenvalue weighted by Crippen LogP contribution is 2.21. The lowest BCUT2D eigenvalue weighted by Gasteiger charge is -2.11. The van der Waals surface area contributed by atoms with E-state index in [0.29, 0.717) is 29.2 Å². The zero-order valence-corrected chi connectivity index (χ0v) is 12.4. The molecular weight excluding hydrogens is 282 g/mol. The molecule has 2 aromatic rings. The summed E-state index contributed by atoms with van der Waals surface area (Å²) < 4.78 is 4.75. The molecule has 114 valence electrons. The third kappa shape index (κ3) is 3.82. The number of esters is 1. The number of carbonyl (C=O) groups excluding carboxylic acids is 2. The minimum absolute atomic E-state index is 0.0933. The Morgan fingerprint density at radius 2 is 1.95 bits per heavy atom. The Labute approximate surface area is 128 Å². The Balaban J connectivity index is 2.14. The molecule has 0 aliphatic heterocycles. The molecule has 0 aliphatic carbocycles. The third-order valence-electron chi connectivity index (χ3n) is 2.96. The summed E-state index contributed by atoms with van der Waals surface area (Å²) in [5, 5.41) is 5.78. The van der Waals surface area contributed by atoms with E-state index in [9.17, 15) is 9.59 Å². The van der Waals surface area contributed by atoms with Gasteiger partial charge in [-0.25, -0.2) is 9.78 Å². The molecule has 0 unspecified atom stereocenters. The number of hydrogen-bond acceptors (Lipinski definition) is 5. The van der Waals surface area contributed by atoms with Crippen LogP contribution in [0.2, 0.25) is 0 Å². The van der Waals surface area contributed by atoms with E-state index in [4.69, 9.17) is 4.74 Å². The summed E-state index contributed by atoms with van der Waals surface area (Å²) in [4.78, 5) is 27.1. The number of pyridine rings is 1. The number of para-hydroxylation sites is 1. The van der Waals surface area contributed by atoms with Gasteiger partial charge in [-0.2, -0.15) is 0 Å². The first-order chi connectivity index (χ1) is 10.6. The highest BCUT2D eigenvalue weighted by Gasteiger charge is 2.11. The van der Waals surface area contributed by atoms with Crippen LogP contribution in [0, 0.1) is 0 Å². The smallest absolute Gasteiger partial charge is 0.339 e. The van der Waals surface area contributed by atoms with Gasteiger partial charge in [0.05, 0.1) is 30.2 Å². The van der Waals surface area contributed by atoms with Crippen LogP contribution in [0.4, 0.5) is 17.2 Å². The molecule has 2 N–H and O–H groups in total. The Kier molecular flexibility index (Phi) is 5.08. The topological polar surface area (TPSA) is 80.3 Å². The van der Waals surface area contributed by atoms with Crippen molar-refractivity contribution in [3.63, 3.8) is 0 Å². The molecule has 0 spiro atoms. The Morgan fingerprint density at radius 1 is 1.18 bits per heavy atom. The van der Waals surface area contributed by atoms with E-state index < -0.39 is 5.97 Å². The van der Waals surface area contributed by atoms with Gasteiger partial charge in [-0.3, -0.25) is 4.79 Å². The van der Waals surface area contributed by atoms with Crippen molar-refractivity contribution in [3.8, 4) is 0 Å². The van der Waals surface area contributed by atoms with Crippen LogP contribution in [0.3, 0.4) is 0 Å². The summed E-state index contributed by atoms with van der Waals surface area (Å²) in [6.45, 7) is 1.77. The number of ether oxygens (including phenoxy) is 1. The van der Waals surface area contributed by atoms with Gasteiger partial charge in [0, 0.05) is 6.42 Å². The van der Waals surface area contributed by atoms with Crippen LogP contribution in [0.25, 0.3) is 0 Å². The summed E-state index contributed by atoms with van der Waals surface area (Å²) in [6.07, 6.45) is 1.98.